The molecule has 2 unspecified atom stereocenters. The van der Waals surface area contributed by atoms with Gasteiger partial charge in [-0.25, -0.2) is 0 Å². The number of hydrogen-bond donors (Lipinski definition) is 3. The maximum Gasteiger partial charge on any atom is 0.220 e. The fraction of sp³-hybridized carbons (Fsp3) is 0.375. The number of nitrogens with two attached hydrogens (primary N) is 1. The second-order valence-electron chi connectivity index (χ2n) is 2.83. The van der Waals surface area contributed by atoms with Crippen LogP contribution >= 0.6 is 22.9 Å². The molecule has 1 aromatic heterocycles. The highest BCUT2D eigenvalue weighted by Gasteiger charge is 2.22. The number of rotatable bonds is 4. The van der Waals surface area contributed by atoms with E-state index in [-0.39, 0.29) is 6.42 Å². The molecule has 1 amide bonds. The summed E-state index contributed by atoms with van der Waals surface area (Å²) in [5.74, 6) is -0.664. The predicted molar refractivity (Wildman–Crippen MR) is 54.1 cm³/mol. The SMILES string of the molecule is NC(=O)CC(O)C(O)c1ccsc1Cl. The molecule has 0 radical (unpaired) electrons. The second-order valence-corrected chi connectivity index (χ2v) is 4.35. The Morgan fingerprint density at radius 3 is 2.71 bits per heavy atom. The van der Waals surface area contributed by atoms with Gasteiger partial charge >= 0.3 is 0 Å². The molecule has 2 atom stereocenters. The van der Waals surface area contributed by atoms with E-state index in [2.05, 4.69) is 0 Å². The number of carbonyl (C=O) groups excluding carboxylic acids is 1. The van der Waals surface area contributed by atoms with Crippen LogP contribution < -0.4 is 5.73 Å². The molecule has 4 nitrogen and oxygen atoms in total. The van der Waals surface area contributed by atoms with Crippen LogP contribution in [0.1, 0.15) is 18.1 Å². The molecular formula is C8H10ClNO3S. The van der Waals surface area contributed by atoms with Gasteiger partial charge in [-0.2, -0.15) is 0 Å². The number of thiophene rings is 1. The van der Waals surface area contributed by atoms with Crippen LogP contribution in [0, 0.1) is 0 Å². The van der Waals surface area contributed by atoms with Gasteiger partial charge in [0.1, 0.15) is 6.10 Å². The van der Waals surface area contributed by atoms with Gasteiger partial charge in [0.15, 0.2) is 0 Å². The molecule has 6 heteroatoms. The lowest BCUT2D eigenvalue weighted by Crippen LogP contribution is -2.25. The molecule has 4 N–H and O–H groups in total. The minimum Gasteiger partial charge on any atom is -0.390 e. The first-order valence-corrected chi connectivity index (χ1v) is 5.15. The Morgan fingerprint density at radius 2 is 2.29 bits per heavy atom. The molecule has 1 rings (SSSR count). The Hall–Kier alpha value is -0.620. The topological polar surface area (TPSA) is 83.6 Å². The number of amides is 1. The second kappa shape index (κ2) is 4.75. The van der Waals surface area contributed by atoms with Gasteiger partial charge in [0.05, 0.1) is 16.9 Å². The summed E-state index contributed by atoms with van der Waals surface area (Å²) in [6.45, 7) is 0. The number of primary amides is 1. The zero-order chi connectivity index (χ0) is 10.7. The van der Waals surface area contributed by atoms with E-state index in [1.54, 1.807) is 11.4 Å². The van der Waals surface area contributed by atoms with Crippen LogP contribution in [-0.2, 0) is 4.79 Å². The van der Waals surface area contributed by atoms with E-state index in [1.165, 1.54) is 11.3 Å². The molecule has 0 fully saturated rings. The van der Waals surface area contributed by atoms with E-state index in [4.69, 9.17) is 17.3 Å². The maximum absolute atomic E-state index is 10.5. The van der Waals surface area contributed by atoms with Crippen LogP contribution in [0.15, 0.2) is 11.4 Å². The smallest absolute Gasteiger partial charge is 0.220 e. The Morgan fingerprint density at radius 1 is 1.64 bits per heavy atom. The van der Waals surface area contributed by atoms with Crippen molar-refractivity contribution in [3.63, 3.8) is 0 Å². The van der Waals surface area contributed by atoms with Crippen LogP contribution in [0.25, 0.3) is 0 Å². The lowest BCUT2D eigenvalue weighted by molar-refractivity contribution is -0.121. The number of aliphatic hydroxyl groups excluding tert-OH is 2. The summed E-state index contributed by atoms with van der Waals surface area (Å²) < 4.78 is 0.404. The summed E-state index contributed by atoms with van der Waals surface area (Å²) in [5.41, 5.74) is 5.30. The van der Waals surface area contributed by atoms with Gasteiger partial charge in [-0.05, 0) is 11.4 Å². The van der Waals surface area contributed by atoms with E-state index < -0.39 is 18.1 Å². The fourth-order valence-corrected chi connectivity index (χ4v) is 2.03. The molecule has 0 bridgehead atoms. The highest BCUT2D eigenvalue weighted by Crippen LogP contribution is 2.30. The van der Waals surface area contributed by atoms with Crippen molar-refractivity contribution in [1.82, 2.24) is 0 Å². The van der Waals surface area contributed by atoms with Gasteiger partial charge in [-0.1, -0.05) is 11.6 Å². The monoisotopic (exact) mass is 235 g/mol. The number of halogens is 1. The van der Waals surface area contributed by atoms with Crippen molar-refractivity contribution in [3.8, 4) is 0 Å². The average Bonchev–Trinajstić information content (AvgIpc) is 2.48. The summed E-state index contributed by atoms with van der Waals surface area (Å²) in [5, 5.41) is 20.6. The Balaban J connectivity index is 2.70. The van der Waals surface area contributed by atoms with Crippen molar-refractivity contribution in [2.24, 2.45) is 5.73 Å². The molecule has 0 aromatic carbocycles. The van der Waals surface area contributed by atoms with Gasteiger partial charge in [0.25, 0.3) is 0 Å². The van der Waals surface area contributed by atoms with Crippen molar-refractivity contribution in [1.29, 1.82) is 0 Å². The largest absolute Gasteiger partial charge is 0.390 e. The molecule has 0 aliphatic heterocycles. The minimum absolute atomic E-state index is 0.284. The van der Waals surface area contributed by atoms with Crippen LogP contribution in [0.2, 0.25) is 4.34 Å². The van der Waals surface area contributed by atoms with Crippen molar-refractivity contribution in [3.05, 3.63) is 21.3 Å². The van der Waals surface area contributed by atoms with E-state index in [9.17, 15) is 15.0 Å². The van der Waals surface area contributed by atoms with Gasteiger partial charge in [0, 0.05) is 5.56 Å². The van der Waals surface area contributed by atoms with E-state index in [0.29, 0.717) is 9.90 Å². The average molecular weight is 236 g/mol. The first-order chi connectivity index (χ1) is 6.52. The third kappa shape index (κ3) is 2.68. The Labute approximate surface area is 89.9 Å². The standard InChI is InChI=1S/C8H10ClNO3S/c9-8-4(1-2-14-8)7(13)5(11)3-6(10)12/h1-2,5,7,11,13H,3H2,(H2,10,12). The summed E-state index contributed by atoms with van der Waals surface area (Å²) in [4.78, 5) is 10.5. The number of carbonyl (C=O) groups is 1. The summed E-state index contributed by atoms with van der Waals surface area (Å²) in [6, 6.07) is 1.60. The van der Waals surface area contributed by atoms with Crippen LogP contribution in [0.3, 0.4) is 0 Å². The molecule has 0 spiro atoms. The molecule has 0 saturated heterocycles. The summed E-state index contributed by atoms with van der Waals surface area (Å²) >= 11 is 6.99. The highest BCUT2D eigenvalue weighted by atomic mass is 35.5. The Bertz CT molecular complexity index is 328. The van der Waals surface area contributed by atoms with Crippen molar-refractivity contribution < 1.29 is 15.0 Å². The zero-order valence-corrected chi connectivity index (χ0v) is 8.76. The predicted octanol–water partition coefficient (Wildman–Crippen LogP) is 0.671. The van der Waals surface area contributed by atoms with Crippen molar-refractivity contribution in [2.75, 3.05) is 0 Å². The van der Waals surface area contributed by atoms with E-state index in [1.807, 2.05) is 0 Å². The fourth-order valence-electron chi connectivity index (χ4n) is 1.04. The molecule has 0 saturated carbocycles. The maximum atomic E-state index is 10.5. The first-order valence-electron chi connectivity index (χ1n) is 3.89. The number of hydrogen-bond acceptors (Lipinski definition) is 4. The summed E-state index contributed by atoms with van der Waals surface area (Å²) in [7, 11) is 0. The highest BCUT2D eigenvalue weighted by molar-refractivity contribution is 7.14. The van der Waals surface area contributed by atoms with E-state index >= 15 is 0 Å². The molecule has 1 aromatic rings. The molecule has 14 heavy (non-hydrogen) atoms. The minimum atomic E-state index is -1.21. The van der Waals surface area contributed by atoms with E-state index in [0.717, 1.165) is 0 Å². The van der Waals surface area contributed by atoms with Crippen LogP contribution in [0.4, 0.5) is 0 Å². The van der Waals surface area contributed by atoms with Gasteiger partial charge < -0.3 is 15.9 Å². The van der Waals surface area contributed by atoms with Gasteiger partial charge in [0.2, 0.25) is 5.91 Å². The molecule has 78 valence electrons. The summed E-state index contributed by atoms with van der Waals surface area (Å²) in [6.07, 6.45) is -2.66. The third-order valence-corrected chi connectivity index (χ3v) is 2.94. The van der Waals surface area contributed by atoms with Crippen LogP contribution in [-0.4, -0.2) is 22.2 Å². The first kappa shape index (κ1) is 11.5. The third-order valence-electron chi connectivity index (χ3n) is 1.74. The van der Waals surface area contributed by atoms with Crippen LogP contribution in [0.5, 0.6) is 0 Å². The lowest BCUT2D eigenvalue weighted by atomic mass is 10.1. The lowest BCUT2D eigenvalue weighted by Gasteiger charge is -2.15. The van der Waals surface area contributed by atoms with Gasteiger partial charge in [-0.15, -0.1) is 11.3 Å². The molecular weight excluding hydrogens is 226 g/mol. The quantitative estimate of drug-likeness (QED) is 0.717. The normalized spacial score (nSPS) is 15.1. The molecule has 0 aliphatic carbocycles. The molecule has 1 heterocycles. The van der Waals surface area contributed by atoms with Gasteiger partial charge in [-0.3, -0.25) is 4.79 Å². The zero-order valence-electron chi connectivity index (χ0n) is 7.18. The molecule has 0 aliphatic rings. The number of aliphatic hydroxyl groups is 2. The Kier molecular flexibility index (Phi) is 3.88. The van der Waals surface area contributed by atoms with Crippen molar-refractivity contribution in [2.45, 2.75) is 18.6 Å². The van der Waals surface area contributed by atoms with Crippen molar-refractivity contribution >= 4 is 28.8 Å².